The summed E-state index contributed by atoms with van der Waals surface area (Å²) in [4.78, 5) is 38.0. The Balaban J connectivity index is 4.49. The monoisotopic (exact) mass is 893 g/mol. The Morgan fingerprint density at radius 3 is 0.984 bits per heavy atom. The molecular formula is C58H100O6. The van der Waals surface area contributed by atoms with Crippen molar-refractivity contribution < 1.29 is 28.6 Å². The third-order valence-electron chi connectivity index (χ3n) is 11.4. The van der Waals surface area contributed by atoms with Crippen molar-refractivity contribution >= 4 is 17.9 Å². The topological polar surface area (TPSA) is 78.9 Å². The normalized spacial score (nSPS) is 12.6. The first-order valence-electron chi connectivity index (χ1n) is 26.9. The van der Waals surface area contributed by atoms with Gasteiger partial charge in [-0.15, -0.1) is 0 Å². The van der Waals surface area contributed by atoms with Gasteiger partial charge >= 0.3 is 17.9 Å². The van der Waals surface area contributed by atoms with Gasteiger partial charge < -0.3 is 14.2 Å². The van der Waals surface area contributed by atoms with Gasteiger partial charge in [0.25, 0.3) is 0 Å². The summed E-state index contributed by atoms with van der Waals surface area (Å²) >= 11 is 0. The number of carbonyl (C=O) groups excluding carboxylic acids is 3. The van der Waals surface area contributed by atoms with Gasteiger partial charge in [0, 0.05) is 19.3 Å². The lowest BCUT2D eigenvalue weighted by atomic mass is 10.1. The van der Waals surface area contributed by atoms with Crippen molar-refractivity contribution in [3.05, 3.63) is 72.9 Å². The van der Waals surface area contributed by atoms with E-state index in [9.17, 15) is 14.4 Å². The fraction of sp³-hybridized carbons (Fsp3) is 0.741. The Kier molecular flexibility index (Phi) is 49.9. The molecule has 6 nitrogen and oxygen atoms in total. The molecule has 0 saturated carbocycles. The van der Waals surface area contributed by atoms with E-state index < -0.39 is 6.10 Å². The molecule has 0 rings (SSSR count). The molecule has 64 heavy (non-hydrogen) atoms. The van der Waals surface area contributed by atoms with Crippen LogP contribution < -0.4 is 0 Å². The first-order chi connectivity index (χ1) is 31.5. The molecule has 0 unspecified atom stereocenters. The van der Waals surface area contributed by atoms with E-state index in [1.165, 1.54) is 128 Å². The van der Waals surface area contributed by atoms with Crippen molar-refractivity contribution in [2.45, 2.75) is 264 Å². The fourth-order valence-electron chi connectivity index (χ4n) is 7.31. The van der Waals surface area contributed by atoms with Gasteiger partial charge in [0.2, 0.25) is 0 Å². The van der Waals surface area contributed by atoms with E-state index in [2.05, 4.69) is 93.7 Å². The standard InChI is InChI=1S/C58H100O6/c1-4-7-10-13-16-19-22-25-28-29-31-33-36-39-42-45-48-51-57(60)63-54-55(53-62-56(59)50-47-44-41-38-35-32-27-24-21-18-15-12-9-6-3)64-58(61)52-49-46-43-40-37-34-30-26-23-20-17-14-11-8-5-2/h16,19,24-28,30-31,33,39,42,55H,4-15,17-18,20-23,29,32,34-38,40-41,43-54H2,1-3H3/b19-16-,27-24-,28-25-,30-26-,33-31-,42-39-/t55-/m1/s1. The Labute approximate surface area is 395 Å². The summed E-state index contributed by atoms with van der Waals surface area (Å²) in [5, 5.41) is 0. The molecule has 0 aliphatic carbocycles. The molecule has 0 aromatic carbocycles. The van der Waals surface area contributed by atoms with E-state index in [1.807, 2.05) is 0 Å². The SMILES string of the molecule is CCCCC/C=C\C/C=C\C/C=C\C/C=C\CCCC(=O)OC[C@@H](COC(=O)CCCCCCC/C=C\CCCCCCC)OC(=O)CCCCCCC/C=C\CCCCCCCC. The lowest BCUT2D eigenvalue weighted by molar-refractivity contribution is -0.167. The van der Waals surface area contributed by atoms with Crippen LogP contribution in [-0.4, -0.2) is 37.2 Å². The van der Waals surface area contributed by atoms with Gasteiger partial charge in [-0.2, -0.15) is 0 Å². The van der Waals surface area contributed by atoms with Crippen LogP contribution >= 0.6 is 0 Å². The first-order valence-corrected chi connectivity index (χ1v) is 26.9. The molecule has 368 valence electrons. The van der Waals surface area contributed by atoms with Gasteiger partial charge in [-0.3, -0.25) is 14.4 Å². The maximum absolute atomic E-state index is 12.8. The van der Waals surface area contributed by atoms with E-state index in [0.29, 0.717) is 19.3 Å². The maximum atomic E-state index is 12.8. The van der Waals surface area contributed by atoms with Crippen molar-refractivity contribution in [2.24, 2.45) is 0 Å². The largest absolute Gasteiger partial charge is 0.462 e. The zero-order chi connectivity index (χ0) is 46.5. The molecule has 0 amide bonds. The molecule has 0 fully saturated rings. The molecule has 1 atom stereocenters. The van der Waals surface area contributed by atoms with Crippen LogP contribution in [0.3, 0.4) is 0 Å². The number of rotatable bonds is 48. The Hall–Kier alpha value is -3.15. The third-order valence-corrected chi connectivity index (χ3v) is 11.4. The summed E-state index contributed by atoms with van der Waals surface area (Å²) in [6, 6.07) is 0. The zero-order valence-electron chi connectivity index (χ0n) is 42.0. The number of hydrogen-bond donors (Lipinski definition) is 0. The van der Waals surface area contributed by atoms with Gasteiger partial charge in [-0.05, 0) is 109 Å². The number of allylic oxidation sites excluding steroid dienone is 12. The average Bonchev–Trinajstić information content (AvgIpc) is 3.29. The average molecular weight is 893 g/mol. The molecule has 0 aromatic heterocycles. The molecule has 0 heterocycles. The van der Waals surface area contributed by atoms with Gasteiger partial charge in [-0.25, -0.2) is 0 Å². The Morgan fingerprint density at radius 2 is 0.578 bits per heavy atom. The van der Waals surface area contributed by atoms with Crippen LogP contribution in [-0.2, 0) is 28.6 Å². The van der Waals surface area contributed by atoms with Crippen molar-refractivity contribution in [1.82, 2.24) is 0 Å². The van der Waals surface area contributed by atoms with E-state index in [1.54, 1.807) is 0 Å². The smallest absolute Gasteiger partial charge is 0.306 e. The van der Waals surface area contributed by atoms with Gasteiger partial charge in [0.1, 0.15) is 13.2 Å². The minimum Gasteiger partial charge on any atom is -0.462 e. The molecule has 0 saturated heterocycles. The Bertz CT molecular complexity index is 1210. The highest BCUT2D eigenvalue weighted by molar-refractivity contribution is 5.71. The summed E-state index contributed by atoms with van der Waals surface area (Å²) < 4.78 is 16.8. The predicted molar refractivity (Wildman–Crippen MR) is 274 cm³/mol. The lowest BCUT2D eigenvalue weighted by Gasteiger charge is -2.18. The van der Waals surface area contributed by atoms with Crippen LogP contribution in [0, 0.1) is 0 Å². The van der Waals surface area contributed by atoms with E-state index >= 15 is 0 Å². The zero-order valence-corrected chi connectivity index (χ0v) is 42.0. The van der Waals surface area contributed by atoms with E-state index in [-0.39, 0.29) is 37.5 Å². The first kappa shape index (κ1) is 60.9. The number of hydrogen-bond acceptors (Lipinski definition) is 6. The second-order valence-corrected chi connectivity index (χ2v) is 17.8. The third kappa shape index (κ3) is 49.9. The molecular weight excluding hydrogens is 793 g/mol. The molecule has 0 aromatic rings. The second-order valence-electron chi connectivity index (χ2n) is 17.8. The molecule has 0 spiro atoms. The highest BCUT2D eigenvalue weighted by atomic mass is 16.6. The van der Waals surface area contributed by atoms with E-state index in [4.69, 9.17) is 14.2 Å². The van der Waals surface area contributed by atoms with Gasteiger partial charge in [0.05, 0.1) is 0 Å². The van der Waals surface area contributed by atoms with E-state index in [0.717, 1.165) is 83.5 Å². The molecule has 0 N–H and O–H groups in total. The summed E-state index contributed by atoms with van der Waals surface area (Å²) in [7, 11) is 0. The highest BCUT2D eigenvalue weighted by Crippen LogP contribution is 2.13. The molecule has 0 aliphatic rings. The number of unbranched alkanes of at least 4 members (excludes halogenated alkanes) is 25. The fourth-order valence-corrected chi connectivity index (χ4v) is 7.31. The van der Waals surface area contributed by atoms with Crippen LogP contribution in [0.5, 0.6) is 0 Å². The minimum absolute atomic E-state index is 0.0998. The summed E-state index contributed by atoms with van der Waals surface area (Å²) in [5.74, 6) is -0.971. The van der Waals surface area contributed by atoms with Crippen LogP contribution in [0.25, 0.3) is 0 Å². The highest BCUT2D eigenvalue weighted by Gasteiger charge is 2.19. The molecule has 0 aliphatic heterocycles. The second kappa shape index (κ2) is 52.5. The van der Waals surface area contributed by atoms with Crippen molar-refractivity contribution in [3.8, 4) is 0 Å². The number of ether oxygens (including phenoxy) is 3. The van der Waals surface area contributed by atoms with Gasteiger partial charge in [0.15, 0.2) is 6.10 Å². The minimum atomic E-state index is -0.804. The van der Waals surface area contributed by atoms with Crippen LogP contribution in [0.4, 0.5) is 0 Å². The van der Waals surface area contributed by atoms with Crippen molar-refractivity contribution in [2.75, 3.05) is 13.2 Å². The van der Waals surface area contributed by atoms with Crippen molar-refractivity contribution in [1.29, 1.82) is 0 Å². The van der Waals surface area contributed by atoms with Crippen LogP contribution in [0.1, 0.15) is 258 Å². The van der Waals surface area contributed by atoms with Crippen molar-refractivity contribution in [3.63, 3.8) is 0 Å². The number of carbonyl (C=O) groups is 3. The molecule has 0 radical (unpaired) electrons. The Morgan fingerprint density at radius 1 is 0.312 bits per heavy atom. The quantitative estimate of drug-likeness (QED) is 0.0262. The van der Waals surface area contributed by atoms with Gasteiger partial charge in [-0.1, -0.05) is 203 Å². The number of esters is 3. The predicted octanol–water partition coefficient (Wildman–Crippen LogP) is 17.8. The van der Waals surface area contributed by atoms with Crippen LogP contribution in [0.2, 0.25) is 0 Å². The van der Waals surface area contributed by atoms with Crippen LogP contribution in [0.15, 0.2) is 72.9 Å². The summed E-state index contributed by atoms with van der Waals surface area (Å²) in [5.41, 5.74) is 0. The molecule has 0 bridgehead atoms. The maximum Gasteiger partial charge on any atom is 0.306 e. The lowest BCUT2D eigenvalue weighted by Crippen LogP contribution is -2.30. The summed E-state index contributed by atoms with van der Waals surface area (Å²) in [6.07, 6.45) is 66.0. The summed E-state index contributed by atoms with van der Waals surface area (Å²) in [6.45, 7) is 6.54. The molecule has 6 heteroatoms.